The van der Waals surface area contributed by atoms with Gasteiger partial charge in [-0.2, -0.15) is 0 Å². The Balaban J connectivity index is 1.54. The molecule has 4 heterocycles. The second kappa shape index (κ2) is 8.66. The van der Waals surface area contributed by atoms with Crippen molar-refractivity contribution >= 4 is 39.3 Å². The number of fused-ring (bicyclic) bond motifs is 1. The van der Waals surface area contributed by atoms with Crippen LogP contribution < -0.4 is 10.6 Å². The van der Waals surface area contributed by atoms with Gasteiger partial charge in [-0.3, -0.25) is 14.6 Å². The predicted octanol–water partition coefficient (Wildman–Crippen LogP) is 3.69. The van der Waals surface area contributed by atoms with Gasteiger partial charge in [-0.1, -0.05) is 20.8 Å². The van der Waals surface area contributed by atoms with Gasteiger partial charge >= 0.3 is 0 Å². The number of pyridine rings is 1. The number of amides is 2. The Morgan fingerprint density at radius 1 is 1.21 bits per heavy atom. The van der Waals surface area contributed by atoms with Crippen LogP contribution in [0.25, 0.3) is 10.2 Å². The number of thiophene rings is 1. The maximum absolute atomic E-state index is 13.6. The molecule has 1 atom stereocenters. The third-order valence-electron chi connectivity index (χ3n) is 5.45. The number of likely N-dealkylation sites (tertiary alicyclic amines) is 1. The zero-order valence-electron chi connectivity index (χ0n) is 19.3. The molecule has 0 spiro atoms. The van der Waals surface area contributed by atoms with Gasteiger partial charge in [0.05, 0.1) is 28.5 Å². The summed E-state index contributed by atoms with van der Waals surface area (Å²) in [5, 5.41) is 6.14. The second-order valence-corrected chi connectivity index (χ2v) is 10.7. The van der Waals surface area contributed by atoms with Crippen molar-refractivity contribution in [2.75, 3.05) is 18.4 Å². The molecule has 174 valence electrons. The van der Waals surface area contributed by atoms with Crippen LogP contribution in [-0.4, -0.2) is 50.8 Å². The van der Waals surface area contributed by atoms with Crippen molar-refractivity contribution in [3.8, 4) is 0 Å². The summed E-state index contributed by atoms with van der Waals surface area (Å²) in [6.45, 7) is 10.2. The fourth-order valence-corrected chi connectivity index (χ4v) is 4.42. The van der Waals surface area contributed by atoms with Crippen LogP contribution in [-0.2, 0) is 4.79 Å². The number of aryl methyl sites for hydroxylation is 1. The van der Waals surface area contributed by atoms with E-state index in [1.165, 1.54) is 17.4 Å². The van der Waals surface area contributed by atoms with Crippen molar-refractivity contribution in [3.63, 3.8) is 0 Å². The Hall–Kier alpha value is -3.14. The van der Waals surface area contributed by atoms with E-state index in [0.29, 0.717) is 35.8 Å². The minimum Gasteiger partial charge on any atom is -0.349 e. The second-order valence-electron chi connectivity index (χ2n) is 9.40. The molecule has 1 fully saturated rings. The van der Waals surface area contributed by atoms with Gasteiger partial charge in [0.15, 0.2) is 5.69 Å². The van der Waals surface area contributed by atoms with E-state index in [9.17, 15) is 14.0 Å². The Bertz CT molecular complexity index is 1220. The lowest BCUT2D eigenvalue weighted by molar-refractivity contribution is -0.130. The van der Waals surface area contributed by atoms with Crippen LogP contribution in [0, 0.1) is 18.2 Å². The largest absolute Gasteiger partial charge is 0.349 e. The molecule has 10 heteroatoms. The zero-order valence-corrected chi connectivity index (χ0v) is 20.1. The van der Waals surface area contributed by atoms with E-state index in [1.807, 2.05) is 40.7 Å². The fraction of sp³-hybridized carbons (Fsp3) is 0.435. The first-order chi connectivity index (χ1) is 15.5. The number of rotatable bonds is 5. The summed E-state index contributed by atoms with van der Waals surface area (Å²) >= 11 is 1.47. The van der Waals surface area contributed by atoms with E-state index in [-0.39, 0.29) is 23.9 Å². The number of aromatic nitrogens is 3. The molecule has 4 rings (SSSR count). The van der Waals surface area contributed by atoms with Gasteiger partial charge in [0.1, 0.15) is 5.82 Å². The van der Waals surface area contributed by atoms with Crippen LogP contribution in [0.3, 0.4) is 0 Å². The number of hydrogen-bond acceptors (Lipinski definition) is 7. The lowest BCUT2D eigenvalue weighted by Gasteiger charge is -2.40. The zero-order chi connectivity index (χ0) is 23.9. The summed E-state index contributed by atoms with van der Waals surface area (Å²) < 4.78 is 14.3. The molecule has 0 radical (unpaired) electrons. The Kier molecular flexibility index (Phi) is 6.04. The van der Waals surface area contributed by atoms with Gasteiger partial charge in [0, 0.05) is 29.6 Å². The summed E-state index contributed by atoms with van der Waals surface area (Å²) in [4.78, 5) is 41.1. The number of carbonyl (C=O) groups excluding carboxylic acids is 2. The minimum absolute atomic E-state index is 0.0368. The van der Waals surface area contributed by atoms with Crippen LogP contribution in [0.1, 0.15) is 54.7 Å². The highest BCUT2D eigenvalue weighted by Crippen LogP contribution is 2.30. The average molecular weight is 471 g/mol. The quantitative estimate of drug-likeness (QED) is 0.590. The molecule has 0 aromatic carbocycles. The number of nitrogens with zero attached hydrogens (tertiary/aromatic N) is 4. The summed E-state index contributed by atoms with van der Waals surface area (Å²) in [6, 6.07) is 2.94. The standard InChI is InChI=1S/C23H27FN6O2S/c1-12-6-17-19(33-12)18(20(31)30-10-16(11-30)27-21(32)23(3,4)5)29-22(28-17)26-13(2)14-7-15(24)9-25-8-14/h6-9,13,16H,10-11H2,1-5H3,(H,27,32)(H,26,28,29)/t13-/m0/s1. The molecule has 1 aliphatic rings. The molecule has 0 saturated carbocycles. The molecule has 0 unspecified atom stereocenters. The first kappa shape index (κ1) is 23.0. The van der Waals surface area contributed by atoms with E-state index < -0.39 is 11.2 Å². The molecule has 2 amide bonds. The van der Waals surface area contributed by atoms with Gasteiger partial charge < -0.3 is 15.5 Å². The lowest BCUT2D eigenvalue weighted by Crippen LogP contribution is -2.62. The van der Waals surface area contributed by atoms with Crippen molar-refractivity contribution in [2.24, 2.45) is 5.41 Å². The Labute approximate surface area is 195 Å². The highest BCUT2D eigenvalue weighted by Gasteiger charge is 2.36. The number of carbonyl (C=O) groups is 2. The van der Waals surface area contributed by atoms with Crippen molar-refractivity contribution < 1.29 is 14.0 Å². The SMILES string of the molecule is Cc1cc2nc(N[C@@H](C)c3cncc(F)c3)nc(C(=O)N3CC(NC(=O)C(C)(C)C)C3)c2s1. The molecule has 0 bridgehead atoms. The normalized spacial score (nSPS) is 15.3. The number of halogens is 1. The summed E-state index contributed by atoms with van der Waals surface area (Å²) in [6.07, 6.45) is 2.72. The summed E-state index contributed by atoms with van der Waals surface area (Å²) in [5.41, 5.74) is 1.17. The average Bonchev–Trinajstić information content (AvgIpc) is 3.08. The summed E-state index contributed by atoms with van der Waals surface area (Å²) in [5.74, 6) is -0.370. The van der Waals surface area contributed by atoms with Crippen LogP contribution in [0.2, 0.25) is 0 Å². The Morgan fingerprint density at radius 3 is 2.61 bits per heavy atom. The smallest absolute Gasteiger partial charge is 0.274 e. The van der Waals surface area contributed by atoms with Gasteiger partial charge in [-0.05, 0) is 31.5 Å². The number of hydrogen-bond donors (Lipinski definition) is 2. The molecule has 0 aliphatic carbocycles. The third kappa shape index (κ3) is 4.95. The van der Waals surface area contributed by atoms with Gasteiger partial charge in [-0.15, -0.1) is 11.3 Å². The highest BCUT2D eigenvalue weighted by molar-refractivity contribution is 7.19. The topological polar surface area (TPSA) is 100 Å². The molecule has 1 saturated heterocycles. The molecular weight excluding hydrogens is 443 g/mol. The van der Waals surface area contributed by atoms with Crippen molar-refractivity contribution in [1.29, 1.82) is 0 Å². The van der Waals surface area contributed by atoms with E-state index in [4.69, 9.17) is 0 Å². The van der Waals surface area contributed by atoms with Crippen molar-refractivity contribution in [1.82, 2.24) is 25.2 Å². The molecular formula is C23H27FN6O2S. The first-order valence-electron chi connectivity index (χ1n) is 10.8. The van der Waals surface area contributed by atoms with Crippen LogP contribution >= 0.6 is 11.3 Å². The van der Waals surface area contributed by atoms with Crippen molar-refractivity contribution in [2.45, 2.75) is 46.7 Å². The van der Waals surface area contributed by atoms with Gasteiger partial charge in [0.25, 0.3) is 5.91 Å². The monoisotopic (exact) mass is 470 g/mol. The Morgan fingerprint density at radius 2 is 1.94 bits per heavy atom. The molecule has 1 aliphatic heterocycles. The maximum atomic E-state index is 13.6. The highest BCUT2D eigenvalue weighted by atomic mass is 32.1. The van der Waals surface area contributed by atoms with Crippen molar-refractivity contribution in [3.05, 3.63) is 46.5 Å². The van der Waals surface area contributed by atoms with E-state index in [0.717, 1.165) is 15.8 Å². The van der Waals surface area contributed by atoms with Crippen LogP contribution in [0.4, 0.5) is 10.3 Å². The van der Waals surface area contributed by atoms with Gasteiger partial charge in [-0.25, -0.2) is 14.4 Å². The number of nitrogens with one attached hydrogen (secondary N) is 2. The van der Waals surface area contributed by atoms with E-state index in [1.54, 1.807) is 11.1 Å². The summed E-state index contributed by atoms with van der Waals surface area (Å²) in [7, 11) is 0. The predicted molar refractivity (Wildman–Crippen MR) is 126 cm³/mol. The molecule has 33 heavy (non-hydrogen) atoms. The van der Waals surface area contributed by atoms with Gasteiger partial charge in [0.2, 0.25) is 11.9 Å². The van der Waals surface area contributed by atoms with E-state index in [2.05, 4.69) is 25.6 Å². The third-order valence-corrected chi connectivity index (χ3v) is 6.50. The van der Waals surface area contributed by atoms with Crippen LogP contribution in [0.5, 0.6) is 0 Å². The van der Waals surface area contributed by atoms with E-state index >= 15 is 0 Å². The number of anilines is 1. The molecule has 2 N–H and O–H groups in total. The first-order valence-corrected chi connectivity index (χ1v) is 11.6. The molecule has 8 nitrogen and oxygen atoms in total. The maximum Gasteiger partial charge on any atom is 0.274 e. The molecule has 3 aromatic rings. The minimum atomic E-state index is -0.480. The fourth-order valence-electron chi connectivity index (χ4n) is 3.49. The lowest BCUT2D eigenvalue weighted by atomic mass is 9.94. The van der Waals surface area contributed by atoms with Crippen LogP contribution in [0.15, 0.2) is 24.5 Å². The molecule has 3 aromatic heterocycles.